The van der Waals surface area contributed by atoms with Crippen LogP contribution >= 0.6 is 23.2 Å². The van der Waals surface area contributed by atoms with Gasteiger partial charge in [-0.15, -0.1) is 0 Å². The van der Waals surface area contributed by atoms with E-state index in [4.69, 9.17) is 23.2 Å². The molecular formula is C21H27Cl2NO2. The van der Waals surface area contributed by atoms with Crippen molar-refractivity contribution in [2.45, 2.75) is 65.2 Å². The normalized spacial score (nSPS) is 12.5. The number of aromatic hydroxyl groups is 1. The molecule has 0 bridgehead atoms. The summed E-state index contributed by atoms with van der Waals surface area (Å²) in [6.45, 7) is 12.4. The van der Waals surface area contributed by atoms with Crippen LogP contribution in [-0.4, -0.2) is 15.9 Å². The summed E-state index contributed by atoms with van der Waals surface area (Å²) >= 11 is 12.0. The molecule has 2 rings (SSSR count). The summed E-state index contributed by atoms with van der Waals surface area (Å²) in [6, 6.07) is 4.00. The zero-order valence-electron chi connectivity index (χ0n) is 16.3. The number of phenolic OH excluding ortho intramolecular Hbond substituents is 1. The van der Waals surface area contributed by atoms with Crippen molar-refractivity contribution in [2.24, 2.45) is 0 Å². The van der Waals surface area contributed by atoms with E-state index in [-0.39, 0.29) is 21.6 Å². The first-order valence-electron chi connectivity index (χ1n) is 8.74. The Labute approximate surface area is 165 Å². The first-order valence-corrected chi connectivity index (χ1v) is 9.50. The van der Waals surface area contributed by atoms with Gasteiger partial charge in [-0.1, -0.05) is 76.9 Å². The summed E-state index contributed by atoms with van der Waals surface area (Å²) in [5, 5.41) is 11.4. The van der Waals surface area contributed by atoms with Crippen LogP contribution in [0.15, 0.2) is 18.3 Å². The van der Waals surface area contributed by atoms with E-state index in [9.17, 15) is 9.90 Å². The van der Waals surface area contributed by atoms with Crippen LogP contribution in [-0.2, 0) is 17.3 Å². The van der Waals surface area contributed by atoms with Gasteiger partial charge in [-0.2, -0.15) is 0 Å². The molecule has 142 valence electrons. The summed E-state index contributed by atoms with van der Waals surface area (Å²) in [6.07, 6.45) is 2.40. The van der Waals surface area contributed by atoms with E-state index in [0.717, 1.165) is 16.7 Å². The summed E-state index contributed by atoms with van der Waals surface area (Å²) < 4.78 is 0. The quantitative estimate of drug-likeness (QED) is 0.585. The maximum absolute atomic E-state index is 12.5. The van der Waals surface area contributed by atoms with E-state index in [2.05, 4.69) is 46.5 Å². The van der Waals surface area contributed by atoms with Gasteiger partial charge in [0.1, 0.15) is 11.4 Å². The van der Waals surface area contributed by atoms with Crippen molar-refractivity contribution in [1.29, 1.82) is 0 Å². The van der Waals surface area contributed by atoms with Gasteiger partial charge >= 0.3 is 0 Å². The van der Waals surface area contributed by atoms with E-state index < -0.39 is 0 Å². The highest BCUT2D eigenvalue weighted by Crippen LogP contribution is 2.40. The Morgan fingerprint density at radius 3 is 1.92 bits per heavy atom. The predicted molar refractivity (Wildman–Crippen MR) is 109 cm³/mol. The minimum atomic E-state index is -0.194. The van der Waals surface area contributed by atoms with Crippen LogP contribution in [0.25, 0.3) is 0 Å². The van der Waals surface area contributed by atoms with Gasteiger partial charge in [-0.05, 0) is 33.9 Å². The number of phenols is 1. The maximum atomic E-state index is 12.5. The molecule has 1 aromatic heterocycles. The lowest BCUT2D eigenvalue weighted by molar-refractivity contribution is 0.0979. The molecule has 26 heavy (non-hydrogen) atoms. The van der Waals surface area contributed by atoms with Gasteiger partial charge in [0, 0.05) is 12.6 Å². The number of carbonyl (C=O) groups excluding carboxylic acids is 1. The monoisotopic (exact) mass is 395 g/mol. The fraction of sp³-hybridized carbons (Fsp3) is 0.476. The van der Waals surface area contributed by atoms with Gasteiger partial charge < -0.3 is 10.1 Å². The van der Waals surface area contributed by atoms with E-state index >= 15 is 0 Å². The third kappa shape index (κ3) is 4.44. The van der Waals surface area contributed by atoms with Crippen molar-refractivity contribution < 1.29 is 9.90 Å². The zero-order valence-corrected chi connectivity index (χ0v) is 17.8. The lowest BCUT2D eigenvalue weighted by atomic mass is 9.78. The molecule has 2 aromatic rings. The number of benzene rings is 1. The Kier molecular flexibility index (Phi) is 5.84. The highest BCUT2D eigenvalue weighted by Gasteiger charge is 2.26. The third-order valence-electron chi connectivity index (χ3n) is 4.48. The van der Waals surface area contributed by atoms with Crippen LogP contribution in [0, 0.1) is 0 Å². The van der Waals surface area contributed by atoms with Crippen LogP contribution < -0.4 is 0 Å². The van der Waals surface area contributed by atoms with Crippen molar-refractivity contribution in [2.75, 3.05) is 0 Å². The van der Waals surface area contributed by atoms with Gasteiger partial charge in [0.25, 0.3) is 0 Å². The van der Waals surface area contributed by atoms with E-state index in [0.29, 0.717) is 29.3 Å². The molecule has 0 unspecified atom stereocenters. The number of aryl methyl sites for hydroxylation is 1. The van der Waals surface area contributed by atoms with Gasteiger partial charge in [0.05, 0.1) is 10.0 Å². The molecule has 0 radical (unpaired) electrons. The van der Waals surface area contributed by atoms with Crippen LogP contribution in [0.1, 0.15) is 75.1 Å². The fourth-order valence-corrected chi connectivity index (χ4v) is 3.31. The molecule has 0 amide bonds. The smallest absolute Gasteiger partial charge is 0.180 e. The minimum absolute atomic E-state index is 0.0791. The van der Waals surface area contributed by atoms with Crippen LogP contribution in [0.2, 0.25) is 10.0 Å². The minimum Gasteiger partial charge on any atom is -0.507 e. The van der Waals surface area contributed by atoms with Crippen molar-refractivity contribution in [3.05, 3.63) is 50.8 Å². The molecule has 1 aromatic carbocycles. The topological polar surface area (TPSA) is 53.1 Å². The number of aromatic nitrogens is 1. The fourth-order valence-electron chi connectivity index (χ4n) is 2.95. The predicted octanol–water partition coefficient (Wildman–Crippen LogP) is 6.44. The molecule has 3 nitrogen and oxygen atoms in total. The summed E-state index contributed by atoms with van der Waals surface area (Å²) in [7, 11) is 0. The third-order valence-corrected chi connectivity index (χ3v) is 5.27. The highest BCUT2D eigenvalue weighted by molar-refractivity contribution is 6.43. The van der Waals surface area contributed by atoms with E-state index in [1.165, 1.54) is 6.20 Å². The molecule has 1 heterocycles. The molecule has 5 heteroatoms. The first-order chi connectivity index (χ1) is 11.8. The van der Waals surface area contributed by atoms with Crippen LogP contribution in [0.3, 0.4) is 0 Å². The number of nitrogens with one attached hydrogen (secondary N) is 1. The molecule has 0 aliphatic rings. The number of carbonyl (C=O) groups is 1. The highest BCUT2D eigenvalue weighted by atomic mass is 35.5. The number of Topliss-reactive ketones (excluding diaryl/α,β-unsaturated/α-hetero) is 1. The SMILES string of the molecule is CC(C)(C)c1cc(CCC(=O)c2[nH]cc(Cl)c2Cl)cc(C(C)(C)C)c1O. The lowest BCUT2D eigenvalue weighted by Gasteiger charge is -2.28. The Hall–Kier alpha value is -1.45. The van der Waals surface area contributed by atoms with Crippen LogP contribution in [0.4, 0.5) is 0 Å². The molecule has 0 spiro atoms. The van der Waals surface area contributed by atoms with Crippen molar-refractivity contribution in [3.63, 3.8) is 0 Å². The second-order valence-corrected chi connectivity index (χ2v) is 9.57. The van der Waals surface area contributed by atoms with Crippen molar-refractivity contribution >= 4 is 29.0 Å². The number of ketones is 1. The van der Waals surface area contributed by atoms with Crippen LogP contribution in [0.5, 0.6) is 5.75 Å². The average Bonchev–Trinajstić information content (AvgIpc) is 2.83. The molecule has 0 aliphatic heterocycles. The molecule has 0 saturated heterocycles. The Bertz CT molecular complexity index is 789. The molecule has 0 atom stereocenters. The van der Waals surface area contributed by atoms with Gasteiger partial charge in [0.15, 0.2) is 5.78 Å². The number of rotatable bonds is 4. The summed E-state index contributed by atoms with van der Waals surface area (Å²) in [4.78, 5) is 15.3. The maximum Gasteiger partial charge on any atom is 0.180 e. The molecule has 0 fully saturated rings. The number of halogens is 2. The Morgan fingerprint density at radius 1 is 1.04 bits per heavy atom. The van der Waals surface area contributed by atoms with Crippen molar-refractivity contribution in [3.8, 4) is 5.75 Å². The molecule has 0 aliphatic carbocycles. The lowest BCUT2D eigenvalue weighted by Crippen LogP contribution is -2.18. The van der Waals surface area contributed by atoms with Gasteiger partial charge in [0.2, 0.25) is 0 Å². The molecule has 2 N–H and O–H groups in total. The van der Waals surface area contributed by atoms with Gasteiger partial charge in [-0.3, -0.25) is 4.79 Å². The van der Waals surface area contributed by atoms with E-state index in [1.54, 1.807) is 0 Å². The van der Waals surface area contributed by atoms with Gasteiger partial charge in [-0.25, -0.2) is 0 Å². The number of aromatic amines is 1. The Balaban J connectivity index is 2.34. The standard InChI is InChI=1S/C21H27Cl2NO2/c1-20(2,3)13-9-12(10-14(19(13)26)21(4,5)6)7-8-16(25)18-17(23)15(22)11-24-18/h9-11,24,26H,7-8H2,1-6H3. The summed E-state index contributed by atoms with van der Waals surface area (Å²) in [5.74, 6) is 0.267. The zero-order chi connectivity index (χ0) is 19.9. The first kappa shape index (κ1) is 20.9. The number of H-pyrrole nitrogens is 1. The second kappa shape index (κ2) is 7.28. The Morgan fingerprint density at radius 2 is 1.54 bits per heavy atom. The van der Waals surface area contributed by atoms with Crippen molar-refractivity contribution in [1.82, 2.24) is 4.98 Å². The number of hydrogen-bond acceptors (Lipinski definition) is 2. The van der Waals surface area contributed by atoms with E-state index in [1.807, 2.05) is 12.1 Å². The average molecular weight is 396 g/mol. The molecule has 0 saturated carbocycles. The largest absolute Gasteiger partial charge is 0.507 e. The number of hydrogen-bond donors (Lipinski definition) is 2. The second-order valence-electron chi connectivity index (χ2n) is 8.79. The molecular weight excluding hydrogens is 369 g/mol. The summed E-state index contributed by atoms with van der Waals surface area (Å²) in [5.41, 5.74) is 2.78.